The number of hydrogen-bond acceptors (Lipinski definition) is 8. The third-order valence-corrected chi connectivity index (χ3v) is 5.52. The molecule has 0 aliphatic rings. The summed E-state index contributed by atoms with van der Waals surface area (Å²) in [4.78, 5) is 46.7. The van der Waals surface area contributed by atoms with E-state index in [9.17, 15) is 40.7 Å². The predicted octanol–water partition coefficient (Wildman–Crippen LogP) is 2.85. The van der Waals surface area contributed by atoms with Crippen LogP contribution >= 0.6 is 0 Å². The van der Waals surface area contributed by atoms with Gasteiger partial charge in [0.1, 0.15) is 5.56 Å². The zero-order chi connectivity index (χ0) is 31.0. The first kappa shape index (κ1) is 31.0. The molecule has 3 heterocycles. The quantitative estimate of drug-likeness (QED) is 0.297. The van der Waals surface area contributed by atoms with E-state index < -0.39 is 76.2 Å². The van der Waals surface area contributed by atoms with Crippen molar-refractivity contribution in [3.05, 3.63) is 45.1 Å². The number of alkyl halides is 6. The molecule has 0 spiro atoms. The SMILES string of the molecule is CCn1c(C(=O)N(C)OC)nn(-c2nc(O[C@@H](C)C(F)(F)F)c(C(=O)Nc3c(C)n[nH]c3C(F)(F)F)cc2F)c1=O. The van der Waals surface area contributed by atoms with E-state index in [-0.39, 0.29) is 16.9 Å². The summed E-state index contributed by atoms with van der Waals surface area (Å²) in [6.45, 7) is 2.87. The number of aromatic nitrogens is 6. The van der Waals surface area contributed by atoms with Crippen molar-refractivity contribution in [2.24, 2.45) is 0 Å². The topological polar surface area (TPSA) is 149 Å². The molecule has 41 heavy (non-hydrogen) atoms. The summed E-state index contributed by atoms with van der Waals surface area (Å²) in [6.07, 6.45) is -12.7. The maximum absolute atomic E-state index is 15.3. The number of rotatable bonds is 8. The Hall–Kier alpha value is -4.49. The first-order valence-electron chi connectivity index (χ1n) is 11.3. The summed E-state index contributed by atoms with van der Waals surface area (Å²) >= 11 is 0. The summed E-state index contributed by atoms with van der Waals surface area (Å²) in [5.74, 6) is -6.88. The first-order valence-corrected chi connectivity index (χ1v) is 11.3. The lowest BCUT2D eigenvalue weighted by molar-refractivity contribution is -0.190. The molecule has 0 aliphatic heterocycles. The highest BCUT2D eigenvalue weighted by atomic mass is 19.4. The van der Waals surface area contributed by atoms with Gasteiger partial charge in [-0.2, -0.15) is 41.1 Å². The second-order valence-electron chi connectivity index (χ2n) is 8.21. The van der Waals surface area contributed by atoms with Crippen molar-refractivity contribution in [3.8, 4) is 11.7 Å². The van der Waals surface area contributed by atoms with Crippen LogP contribution in [0.15, 0.2) is 10.9 Å². The standard InChI is InChI=1S/C21H21F7N8O5/c1-6-35-15(18(38)34(4)40-5)33-36(19(35)39)14-11(22)7-10(17(30-14)41-9(3)20(23,24)25)16(37)29-12-8(2)31-32-13(12)21(26,27)28/h7,9H,6H2,1-5H3,(H,29,37)(H,31,32)/t9-/m0/s1. The summed E-state index contributed by atoms with van der Waals surface area (Å²) in [5, 5.41) is 11.2. The zero-order valence-electron chi connectivity index (χ0n) is 21.7. The highest BCUT2D eigenvalue weighted by Crippen LogP contribution is 2.35. The van der Waals surface area contributed by atoms with Crippen LogP contribution < -0.4 is 15.7 Å². The number of pyridine rings is 1. The van der Waals surface area contributed by atoms with Crippen LogP contribution in [0, 0.1) is 12.7 Å². The molecular weight excluding hydrogens is 577 g/mol. The Morgan fingerprint density at radius 2 is 1.85 bits per heavy atom. The van der Waals surface area contributed by atoms with Crippen LogP contribution in [0.1, 0.15) is 46.2 Å². The van der Waals surface area contributed by atoms with Crippen molar-refractivity contribution in [2.45, 2.75) is 45.8 Å². The third-order valence-electron chi connectivity index (χ3n) is 5.52. The lowest BCUT2D eigenvalue weighted by Crippen LogP contribution is -2.33. The van der Waals surface area contributed by atoms with Crippen LogP contribution in [0.3, 0.4) is 0 Å². The minimum Gasteiger partial charge on any atom is -0.464 e. The largest absolute Gasteiger partial charge is 0.464 e. The van der Waals surface area contributed by atoms with Gasteiger partial charge >= 0.3 is 23.9 Å². The van der Waals surface area contributed by atoms with Gasteiger partial charge in [-0.3, -0.25) is 24.1 Å². The minimum atomic E-state index is -5.03. The summed E-state index contributed by atoms with van der Waals surface area (Å²) in [6, 6.07) is 0.291. The average Bonchev–Trinajstić information content (AvgIpc) is 3.42. The van der Waals surface area contributed by atoms with Crippen molar-refractivity contribution in [1.82, 2.24) is 34.6 Å². The molecule has 0 aliphatic carbocycles. The summed E-state index contributed by atoms with van der Waals surface area (Å²) in [5.41, 5.74) is -4.94. The monoisotopic (exact) mass is 598 g/mol. The van der Waals surface area contributed by atoms with Gasteiger partial charge in [-0.15, -0.1) is 5.10 Å². The molecule has 0 fully saturated rings. The van der Waals surface area contributed by atoms with Crippen LogP contribution in [-0.4, -0.2) is 72.8 Å². The van der Waals surface area contributed by atoms with Crippen molar-refractivity contribution < 1.29 is 49.9 Å². The Morgan fingerprint density at radius 1 is 1.22 bits per heavy atom. The fourth-order valence-electron chi connectivity index (χ4n) is 3.27. The summed E-state index contributed by atoms with van der Waals surface area (Å²) in [7, 11) is 2.30. The maximum Gasteiger partial charge on any atom is 0.434 e. The predicted molar refractivity (Wildman–Crippen MR) is 123 cm³/mol. The molecule has 0 unspecified atom stereocenters. The highest BCUT2D eigenvalue weighted by Gasteiger charge is 2.40. The Kier molecular flexibility index (Phi) is 8.46. The van der Waals surface area contributed by atoms with Crippen molar-refractivity contribution in [1.29, 1.82) is 0 Å². The third kappa shape index (κ3) is 6.15. The van der Waals surface area contributed by atoms with E-state index in [0.717, 1.165) is 18.6 Å². The van der Waals surface area contributed by atoms with Crippen molar-refractivity contribution in [2.75, 3.05) is 19.5 Å². The number of nitrogens with one attached hydrogen (secondary N) is 2. The molecule has 0 radical (unpaired) electrons. The Labute approximate surface area is 224 Å². The van der Waals surface area contributed by atoms with Crippen LogP contribution in [0.2, 0.25) is 0 Å². The lowest BCUT2D eigenvalue weighted by atomic mass is 10.2. The number of aryl methyl sites for hydroxylation is 1. The number of amides is 2. The number of hydroxylamine groups is 2. The number of carbonyl (C=O) groups excluding carboxylic acids is 2. The molecular formula is C21H21F7N8O5. The smallest absolute Gasteiger partial charge is 0.434 e. The normalized spacial score (nSPS) is 12.8. The van der Waals surface area contributed by atoms with E-state index >= 15 is 4.39 Å². The number of nitrogens with zero attached hydrogens (tertiary/aromatic N) is 6. The average molecular weight is 598 g/mol. The molecule has 3 aromatic heterocycles. The molecule has 0 bridgehead atoms. The molecule has 224 valence electrons. The zero-order valence-corrected chi connectivity index (χ0v) is 21.7. The molecule has 0 aromatic carbocycles. The van der Waals surface area contributed by atoms with E-state index in [1.807, 2.05) is 5.32 Å². The molecule has 1 atom stereocenters. The number of aromatic amines is 1. The molecule has 2 amide bonds. The first-order chi connectivity index (χ1) is 18.9. The van der Waals surface area contributed by atoms with E-state index in [1.165, 1.54) is 14.0 Å². The van der Waals surface area contributed by atoms with Gasteiger partial charge in [-0.25, -0.2) is 14.2 Å². The molecule has 0 saturated heterocycles. The second kappa shape index (κ2) is 11.2. The van der Waals surface area contributed by atoms with E-state index in [1.54, 1.807) is 5.10 Å². The Balaban J connectivity index is 2.19. The summed E-state index contributed by atoms with van der Waals surface area (Å²) < 4.78 is 101. The second-order valence-corrected chi connectivity index (χ2v) is 8.21. The molecule has 13 nitrogen and oxygen atoms in total. The van der Waals surface area contributed by atoms with Gasteiger partial charge < -0.3 is 10.1 Å². The number of carbonyl (C=O) groups is 2. The van der Waals surface area contributed by atoms with E-state index in [2.05, 4.69) is 15.2 Å². The van der Waals surface area contributed by atoms with Gasteiger partial charge in [0, 0.05) is 13.6 Å². The molecule has 2 N–H and O–H groups in total. The minimum absolute atomic E-state index is 0.167. The van der Waals surface area contributed by atoms with E-state index in [4.69, 9.17) is 9.57 Å². The van der Waals surface area contributed by atoms with Gasteiger partial charge in [0.2, 0.25) is 11.7 Å². The van der Waals surface area contributed by atoms with Crippen LogP contribution in [0.25, 0.3) is 5.82 Å². The highest BCUT2D eigenvalue weighted by molar-refractivity contribution is 6.06. The number of ether oxygens (including phenoxy) is 1. The van der Waals surface area contributed by atoms with Gasteiger partial charge in [0.15, 0.2) is 23.4 Å². The molecule has 20 heteroatoms. The van der Waals surface area contributed by atoms with Gasteiger partial charge in [-0.05, 0) is 26.8 Å². The van der Waals surface area contributed by atoms with Gasteiger partial charge in [-0.1, -0.05) is 0 Å². The lowest BCUT2D eigenvalue weighted by Gasteiger charge is -2.19. The number of halogens is 7. The Morgan fingerprint density at radius 3 is 2.39 bits per heavy atom. The molecule has 0 saturated carbocycles. The van der Waals surface area contributed by atoms with Crippen molar-refractivity contribution >= 4 is 17.5 Å². The van der Waals surface area contributed by atoms with Crippen LogP contribution in [-0.2, 0) is 17.6 Å². The van der Waals surface area contributed by atoms with E-state index in [0.29, 0.717) is 18.1 Å². The van der Waals surface area contributed by atoms with Crippen molar-refractivity contribution in [3.63, 3.8) is 0 Å². The van der Waals surface area contributed by atoms with Crippen LogP contribution in [0.5, 0.6) is 5.88 Å². The van der Waals surface area contributed by atoms with Gasteiger partial charge in [0.25, 0.3) is 5.91 Å². The number of anilines is 1. The van der Waals surface area contributed by atoms with Crippen LogP contribution in [0.4, 0.5) is 36.4 Å². The number of H-pyrrole nitrogens is 1. The van der Waals surface area contributed by atoms with Gasteiger partial charge in [0.05, 0.1) is 18.5 Å². The fourth-order valence-corrected chi connectivity index (χ4v) is 3.27. The maximum atomic E-state index is 15.3. The molecule has 3 rings (SSSR count). The number of hydrogen-bond donors (Lipinski definition) is 2. The Bertz CT molecular complexity index is 1530. The fraction of sp³-hybridized carbons (Fsp3) is 0.429. The molecule has 3 aromatic rings.